The predicted octanol–water partition coefficient (Wildman–Crippen LogP) is -0.857. The maximum atomic E-state index is 10.3. The molecule has 0 aromatic rings. The third-order valence-electron chi connectivity index (χ3n) is 0.956. The smallest absolute Gasteiger partial charge is 0.310 e. The van der Waals surface area contributed by atoms with E-state index < -0.39 is 0 Å². The average Bonchev–Trinajstić information content (AvgIpc) is 1.63. The Morgan fingerprint density at radius 3 is 2.56 bits per heavy atom. The maximum Gasteiger partial charge on any atom is 0.310 e. The number of hydrogen-bond acceptors (Lipinski definition) is 2. The first-order chi connectivity index (χ1) is 4.13. The highest BCUT2D eigenvalue weighted by Crippen LogP contribution is 1.76. The lowest BCUT2D eigenvalue weighted by Crippen LogP contribution is -2.57. The standard InChI is InChI=1S/C6H14N2O/c1-5(2)8-4-3-6(7)9/h5,8H,3-4H2,1-2H3,(H2,7,9)/p+1. The molecule has 0 rings (SSSR count). The van der Waals surface area contributed by atoms with Crippen molar-refractivity contribution in [3.63, 3.8) is 0 Å². The van der Waals surface area contributed by atoms with Crippen LogP contribution in [0.3, 0.4) is 0 Å². The molecule has 0 aliphatic heterocycles. The second kappa shape index (κ2) is 4.47. The van der Waals surface area contributed by atoms with Gasteiger partial charge in [0, 0.05) is 12.6 Å². The first-order valence-electron chi connectivity index (χ1n) is 3.21. The van der Waals surface area contributed by atoms with Crippen LogP contribution in [0, 0.1) is 0 Å². The first-order valence-corrected chi connectivity index (χ1v) is 3.21. The molecule has 0 radical (unpaired) electrons. The van der Waals surface area contributed by atoms with E-state index >= 15 is 0 Å². The van der Waals surface area contributed by atoms with Crippen LogP contribution in [0.15, 0.2) is 0 Å². The predicted molar refractivity (Wildman–Crippen MR) is 35.7 cm³/mol. The lowest BCUT2D eigenvalue weighted by molar-refractivity contribution is -0.305. The monoisotopic (exact) mass is 131 g/mol. The van der Waals surface area contributed by atoms with Gasteiger partial charge in [-0.05, 0) is 0 Å². The molecule has 0 aliphatic rings. The van der Waals surface area contributed by atoms with Crippen LogP contribution in [0.2, 0.25) is 0 Å². The van der Waals surface area contributed by atoms with E-state index in [2.05, 4.69) is 11.1 Å². The molecule has 0 unspecified atom stereocenters. The molecule has 0 aromatic heterocycles. The van der Waals surface area contributed by atoms with E-state index in [9.17, 15) is 4.79 Å². The molecular formula is C6H15N2O+. The summed E-state index contributed by atoms with van der Waals surface area (Å²) in [6.07, 6.45) is 0.540. The second-order valence-electron chi connectivity index (χ2n) is 2.40. The Kier molecular flexibility index (Phi) is 4.26. The van der Waals surface area contributed by atoms with Crippen LogP contribution < -0.4 is 11.1 Å². The molecule has 0 spiro atoms. The molecule has 0 bridgehead atoms. The molecule has 0 saturated carbocycles. The fourth-order valence-electron chi connectivity index (χ4n) is 0.500. The quantitative estimate of drug-likeness (QED) is 0.522. The van der Waals surface area contributed by atoms with Crippen LogP contribution in [-0.2, 0) is 4.79 Å². The average molecular weight is 131 g/mol. The summed E-state index contributed by atoms with van der Waals surface area (Å²) in [7, 11) is 0. The van der Waals surface area contributed by atoms with Crippen molar-refractivity contribution in [1.29, 1.82) is 0 Å². The Morgan fingerprint density at radius 1 is 1.67 bits per heavy atom. The van der Waals surface area contributed by atoms with Crippen molar-refractivity contribution >= 4 is 5.91 Å². The SMILES string of the molecule is CC(C)NCCC([NH3+])=O. The summed E-state index contributed by atoms with van der Waals surface area (Å²) in [5.41, 5.74) is 3.26. The molecular weight excluding hydrogens is 116 g/mol. The Hall–Kier alpha value is -0.410. The van der Waals surface area contributed by atoms with E-state index in [1.165, 1.54) is 0 Å². The highest BCUT2D eigenvalue weighted by Gasteiger charge is 1.97. The number of amides is 1. The van der Waals surface area contributed by atoms with E-state index in [0.29, 0.717) is 12.5 Å². The van der Waals surface area contributed by atoms with Gasteiger partial charge >= 0.3 is 5.91 Å². The highest BCUT2D eigenvalue weighted by molar-refractivity contribution is 5.64. The van der Waals surface area contributed by atoms with E-state index in [4.69, 9.17) is 0 Å². The second-order valence-corrected chi connectivity index (χ2v) is 2.40. The molecule has 3 nitrogen and oxygen atoms in total. The summed E-state index contributed by atoms with van der Waals surface area (Å²) in [4.78, 5) is 10.3. The maximum absolute atomic E-state index is 10.3. The van der Waals surface area contributed by atoms with E-state index in [1.54, 1.807) is 0 Å². The molecule has 0 fully saturated rings. The Morgan fingerprint density at radius 2 is 2.22 bits per heavy atom. The van der Waals surface area contributed by atoms with Crippen molar-refractivity contribution < 1.29 is 10.5 Å². The number of carbonyl (C=O) groups is 1. The molecule has 0 heterocycles. The van der Waals surface area contributed by atoms with Gasteiger partial charge in [-0.3, -0.25) is 5.73 Å². The molecule has 4 N–H and O–H groups in total. The minimum atomic E-state index is 0.00292. The molecule has 0 atom stereocenters. The highest BCUT2D eigenvalue weighted by atomic mass is 16.1. The molecule has 0 saturated heterocycles. The Labute approximate surface area is 55.6 Å². The van der Waals surface area contributed by atoms with Gasteiger partial charge in [0.2, 0.25) is 0 Å². The van der Waals surface area contributed by atoms with Crippen LogP contribution in [-0.4, -0.2) is 18.5 Å². The molecule has 54 valence electrons. The molecule has 1 amide bonds. The number of nitrogens with one attached hydrogen (secondary N) is 1. The topological polar surface area (TPSA) is 56.7 Å². The van der Waals surface area contributed by atoms with Crippen LogP contribution in [0.5, 0.6) is 0 Å². The normalized spacial score (nSPS) is 10.2. The van der Waals surface area contributed by atoms with Crippen LogP contribution in [0.25, 0.3) is 0 Å². The fraction of sp³-hybridized carbons (Fsp3) is 0.833. The van der Waals surface area contributed by atoms with Gasteiger partial charge in [0.25, 0.3) is 0 Å². The molecule has 0 aliphatic carbocycles. The Balaban J connectivity index is 3.01. The zero-order valence-corrected chi connectivity index (χ0v) is 6.11. The lowest BCUT2D eigenvalue weighted by atomic mass is 10.3. The van der Waals surface area contributed by atoms with Crippen molar-refractivity contribution in [2.45, 2.75) is 26.3 Å². The minimum absolute atomic E-state index is 0.00292. The zero-order chi connectivity index (χ0) is 7.28. The summed E-state index contributed by atoms with van der Waals surface area (Å²) in [5.74, 6) is 0.00292. The van der Waals surface area contributed by atoms with Gasteiger partial charge in [-0.15, -0.1) is 0 Å². The van der Waals surface area contributed by atoms with Crippen molar-refractivity contribution in [3.05, 3.63) is 0 Å². The molecule has 3 heteroatoms. The number of quaternary nitrogens is 1. The summed E-state index contributed by atoms with van der Waals surface area (Å²) < 4.78 is 0. The summed E-state index contributed by atoms with van der Waals surface area (Å²) >= 11 is 0. The van der Waals surface area contributed by atoms with Gasteiger partial charge < -0.3 is 5.32 Å². The number of rotatable bonds is 4. The minimum Gasteiger partial charge on any atom is -0.314 e. The van der Waals surface area contributed by atoms with E-state index in [-0.39, 0.29) is 5.91 Å². The Bertz CT molecular complexity index is 91.1. The number of carbonyl (C=O) groups excluding carboxylic acids is 1. The first kappa shape index (κ1) is 8.59. The van der Waals surface area contributed by atoms with E-state index in [1.807, 2.05) is 13.8 Å². The van der Waals surface area contributed by atoms with Crippen molar-refractivity contribution in [1.82, 2.24) is 5.32 Å². The van der Waals surface area contributed by atoms with Crippen LogP contribution in [0.1, 0.15) is 20.3 Å². The summed E-state index contributed by atoms with van der Waals surface area (Å²) in [6.45, 7) is 4.85. The van der Waals surface area contributed by atoms with E-state index in [0.717, 1.165) is 6.54 Å². The van der Waals surface area contributed by atoms with Crippen LogP contribution in [0.4, 0.5) is 0 Å². The fourth-order valence-corrected chi connectivity index (χ4v) is 0.500. The van der Waals surface area contributed by atoms with Crippen molar-refractivity contribution in [2.24, 2.45) is 0 Å². The van der Waals surface area contributed by atoms with Gasteiger partial charge in [0.1, 0.15) is 0 Å². The zero-order valence-electron chi connectivity index (χ0n) is 6.11. The van der Waals surface area contributed by atoms with Gasteiger partial charge in [0.15, 0.2) is 0 Å². The molecule has 9 heavy (non-hydrogen) atoms. The summed E-state index contributed by atoms with van der Waals surface area (Å²) in [6, 6.07) is 0.462. The van der Waals surface area contributed by atoms with Crippen LogP contribution >= 0.6 is 0 Å². The third-order valence-corrected chi connectivity index (χ3v) is 0.956. The summed E-state index contributed by atoms with van der Waals surface area (Å²) in [5, 5.41) is 3.12. The molecule has 0 aromatic carbocycles. The number of hydrogen-bond donors (Lipinski definition) is 2. The third kappa shape index (κ3) is 7.59. The lowest BCUT2D eigenvalue weighted by Gasteiger charge is -2.03. The van der Waals surface area contributed by atoms with Gasteiger partial charge in [0.05, 0.1) is 6.42 Å². The van der Waals surface area contributed by atoms with Gasteiger partial charge in [-0.1, -0.05) is 13.8 Å². The van der Waals surface area contributed by atoms with Gasteiger partial charge in [-0.25, -0.2) is 4.79 Å². The van der Waals surface area contributed by atoms with Crippen molar-refractivity contribution in [3.8, 4) is 0 Å². The van der Waals surface area contributed by atoms with Gasteiger partial charge in [-0.2, -0.15) is 0 Å². The largest absolute Gasteiger partial charge is 0.314 e. The van der Waals surface area contributed by atoms with Crippen molar-refractivity contribution in [2.75, 3.05) is 6.54 Å².